The normalized spacial score (nSPS) is 12.2. The molecule has 0 heterocycles. The van der Waals surface area contributed by atoms with Crippen molar-refractivity contribution in [1.82, 2.24) is 0 Å². The number of aliphatic imine (C=N–C) groups is 1. The Hall–Kier alpha value is -1.38. The van der Waals surface area contributed by atoms with Crippen LogP contribution >= 0.6 is 0 Å². The molecule has 14 heavy (non-hydrogen) atoms. The van der Waals surface area contributed by atoms with Crippen LogP contribution in [0.5, 0.6) is 0 Å². The maximum absolute atomic E-state index is 12.8. The summed E-state index contributed by atoms with van der Waals surface area (Å²) in [6.45, 7) is 5.72. The molecule has 0 saturated carbocycles. The first kappa shape index (κ1) is 10.7. The van der Waals surface area contributed by atoms with Gasteiger partial charge in [-0.15, -0.1) is 0 Å². The summed E-state index contributed by atoms with van der Waals surface area (Å²) in [6.07, 6.45) is 0. The Labute approximate surface area is 83.7 Å². The van der Waals surface area contributed by atoms with Crippen molar-refractivity contribution in [2.24, 2.45) is 10.7 Å². The predicted molar refractivity (Wildman–Crippen MR) is 57.0 cm³/mol. The maximum atomic E-state index is 12.8. The van der Waals surface area contributed by atoms with Crippen LogP contribution in [-0.4, -0.2) is 11.9 Å². The Morgan fingerprint density at radius 1 is 1.43 bits per heavy atom. The summed E-state index contributed by atoms with van der Waals surface area (Å²) in [5.41, 5.74) is 7.39. The molecule has 0 spiro atoms. The molecule has 2 nitrogen and oxygen atoms in total. The van der Waals surface area contributed by atoms with E-state index < -0.39 is 0 Å². The Balaban J connectivity index is 3.07. The smallest absolute Gasteiger partial charge is 0.126 e. The molecule has 0 saturated heterocycles. The molecule has 0 aliphatic heterocycles. The highest BCUT2D eigenvalue weighted by molar-refractivity contribution is 5.98. The van der Waals surface area contributed by atoms with E-state index in [4.69, 9.17) is 5.73 Å². The second-order valence-corrected chi connectivity index (χ2v) is 3.57. The molecule has 2 N–H and O–H groups in total. The SMILES string of the molecule is Cc1cc(F)ccc1C(N)=NC(C)C. The van der Waals surface area contributed by atoms with E-state index in [1.54, 1.807) is 6.07 Å². The first-order valence-electron chi connectivity index (χ1n) is 4.60. The fraction of sp³-hybridized carbons (Fsp3) is 0.364. The topological polar surface area (TPSA) is 38.4 Å². The highest BCUT2D eigenvalue weighted by Crippen LogP contribution is 2.10. The largest absolute Gasteiger partial charge is 0.383 e. The fourth-order valence-corrected chi connectivity index (χ4v) is 1.26. The van der Waals surface area contributed by atoms with Crippen LogP contribution in [0.15, 0.2) is 23.2 Å². The molecule has 0 bridgehead atoms. The second-order valence-electron chi connectivity index (χ2n) is 3.57. The average molecular weight is 194 g/mol. The molecule has 1 aromatic carbocycles. The monoisotopic (exact) mass is 194 g/mol. The number of benzene rings is 1. The van der Waals surface area contributed by atoms with E-state index in [0.717, 1.165) is 11.1 Å². The second kappa shape index (κ2) is 4.22. The van der Waals surface area contributed by atoms with Gasteiger partial charge in [-0.25, -0.2) is 4.39 Å². The van der Waals surface area contributed by atoms with Crippen molar-refractivity contribution in [2.75, 3.05) is 0 Å². The zero-order valence-corrected chi connectivity index (χ0v) is 8.71. The average Bonchev–Trinajstić information content (AvgIpc) is 2.01. The molecule has 0 amide bonds. The number of hydrogen-bond donors (Lipinski definition) is 1. The molecule has 1 rings (SSSR count). The Bertz CT molecular complexity index is 356. The number of halogens is 1. The van der Waals surface area contributed by atoms with Crippen molar-refractivity contribution < 1.29 is 4.39 Å². The number of rotatable bonds is 2. The molecule has 0 aliphatic rings. The van der Waals surface area contributed by atoms with Gasteiger partial charge in [0.25, 0.3) is 0 Å². The molecule has 0 fully saturated rings. The molecule has 0 aliphatic carbocycles. The molecule has 0 radical (unpaired) electrons. The lowest BCUT2D eigenvalue weighted by Crippen LogP contribution is -2.17. The highest BCUT2D eigenvalue weighted by atomic mass is 19.1. The summed E-state index contributed by atoms with van der Waals surface area (Å²) in [5.74, 6) is 0.223. The maximum Gasteiger partial charge on any atom is 0.126 e. The van der Waals surface area contributed by atoms with E-state index >= 15 is 0 Å². The summed E-state index contributed by atoms with van der Waals surface area (Å²) in [5, 5.41) is 0. The lowest BCUT2D eigenvalue weighted by molar-refractivity contribution is 0.626. The predicted octanol–water partition coefficient (Wildman–Crippen LogP) is 2.25. The van der Waals surface area contributed by atoms with E-state index in [-0.39, 0.29) is 11.9 Å². The number of nitrogens with zero attached hydrogens (tertiary/aromatic N) is 1. The molecule has 0 aromatic heterocycles. The molecule has 76 valence electrons. The lowest BCUT2D eigenvalue weighted by atomic mass is 10.1. The lowest BCUT2D eigenvalue weighted by Gasteiger charge is -2.06. The first-order valence-corrected chi connectivity index (χ1v) is 4.60. The van der Waals surface area contributed by atoms with Crippen molar-refractivity contribution in [3.05, 3.63) is 35.1 Å². The molecular formula is C11H15FN2. The van der Waals surface area contributed by atoms with Crippen LogP contribution in [0.2, 0.25) is 0 Å². The first-order chi connectivity index (χ1) is 6.50. The molecule has 3 heteroatoms. The van der Waals surface area contributed by atoms with Gasteiger partial charge in [0.1, 0.15) is 11.7 Å². The minimum atomic E-state index is -0.247. The van der Waals surface area contributed by atoms with Gasteiger partial charge < -0.3 is 5.73 Å². The van der Waals surface area contributed by atoms with Gasteiger partial charge in [-0.05, 0) is 44.5 Å². The van der Waals surface area contributed by atoms with Crippen LogP contribution in [0.25, 0.3) is 0 Å². The zero-order chi connectivity index (χ0) is 10.7. The summed E-state index contributed by atoms with van der Waals surface area (Å²) in [6, 6.07) is 4.66. The van der Waals surface area contributed by atoms with Gasteiger partial charge in [0, 0.05) is 11.6 Å². The van der Waals surface area contributed by atoms with Crippen molar-refractivity contribution in [2.45, 2.75) is 26.8 Å². The highest BCUT2D eigenvalue weighted by Gasteiger charge is 2.04. The van der Waals surface area contributed by atoms with E-state index in [9.17, 15) is 4.39 Å². The summed E-state index contributed by atoms with van der Waals surface area (Å²) >= 11 is 0. The minimum absolute atomic E-state index is 0.152. The third kappa shape index (κ3) is 2.55. The number of aryl methyl sites for hydroxylation is 1. The van der Waals surface area contributed by atoms with Gasteiger partial charge in [0.15, 0.2) is 0 Å². The van der Waals surface area contributed by atoms with Gasteiger partial charge >= 0.3 is 0 Å². The summed E-state index contributed by atoms with van der Waals surface area (Å²) in [7, 11) is 0. The van der Waals surface area contributed by atoms with Crippen LogP contribution in [-0.2, 0) is 0 Å². The molecule has 1 aromatic rings. The third-order valence-electron chi connectivity index (χ3n) is 1.86. The van der Waals surface area contributed by atoms with Crippen LogP contribution in [0.4, 0.5) is 4.39 Å². The van der Waals surface area contributed by atoms with E-state index in [1.165, 1.54) is 12.1 Å². The van der Waals surface area contributed by atoms with Crippen molar-refractivity contribution in [3.8, 4) is 0 Å². The number of nitrogens with two attached hydrogens (primary N) is 1. The third-order valence-corrected chi connectivity index (χ3v) is 1.86. The molecular weight excluding hydrogens is 179 g/mol. The van der Waals surface area contributed by atoms with E-state index in [2.05, 4.69) is 4.99 Å². The van der Waals surface area contributed by atoms with Crippen molar-refractivity contribution >= 4 is 5.84 Å². The Kier molecular flexibility index (Phi) is 3.23. The minimum Gasteiger partial charge on any atom is -0.383 e. The van der Waals surface area contributed by atoms with Gasteiger partial charge in [-0.3, -0.25) is 4.99 Å². The van der Waals surface area contributed by atoms with E-state index in [1.807, 2.05) is 20.8 Å². The van der Waals surface area contributed by atoms with Crippen LogP contribution in [0, 0.1) is 12.7 Å². The standard InChI is InChI=1S/C11H15FN2/c1-7(2)14-11(13)10-5-4-9(12)6-8(10)3/h4-7H,1-3H3,(H2,13,14). The summed E-state index contributed by atoms with van der Waals surface area (Å²) in [4.78, 5) is 4.21. The number of hydrogen-bond acceptors (Lipinski definition) is 1. The molecule has 0 unspecified atom stereocenters. The molecule has 0 atom stereocenters. The fourth-order valence-electron chi connectivity index (χ4n) is 1.26. The number of amidine groups is 1. The van der Waals surface area contributed by atoms with E-state index in [0.29, 0.717) is 5.84 Å². The van der Waals surface area contributed by atoms with Crippen LogP contribution in [0.1, 0.15) is 25.0 Å². The summed E-state index contributed by atoms with van der Waals surface area (Å²) < 4.78 is 12.8. The zero-order valence-electron chi connectivity index (χ0n) is 8.71. The van der Waals surface area contributed by atoms with Crippen molar-refractivity contribution in [1.29, 1.82) is 0 Å². The Morgan fingerprint density at radius 3 is 2.57 bits per heavy atom. The van der Waals surface area contributed by atoms with Gasteiger partial charge in [-0.1, -0.05) is 0 Å². The van der Waals surface area contributed by atoms with Gasteiger partial charge in [-0.2, -0.15) is 0 Å². The quantitative estimate of drug-likeness (QED) is 0.569. The van der Waals surface area contributed by atoms with Gasteiger partial charge in [0.2, 0.25) is 0 Å². The van der Waals surface area contributed by atoms with Crippen LogP contribution in [0.3, 0.4) is 0 Å². The van der Waals surface area contributed by atoms with Crippen molar-refractivity contribution in [3.63, 3.8) is 0 Å². The van der Waals surface area contributed by atoms with Gasteiger partial charge in [0.05, 0.1) is 0 Å². The van der Waals surface area contributed by atoms with Crippen LogP contribution < -0.4 is 5.73 Å². The Morgan fingerprint density at radius 2 is 2.07 bits per heavy atom.